The molecule has 3 N–H and O–H groups in total. The van der Waals surface area contributed by atoms with E-state index in [4.69, 9.17) is 0 Å². The summed E-state index contributed by atoms with van der Waals surface area (Å²) in [5, 5.41) is 2.97. The minimum Gasteiger partial charge on any atom is -0.300 e. The fraction of sp³-hybridized carbons (Fsp3) is 0.714. The number of hydrogen-bond donors (Lipinski definition) is 3. The molecule has 120 valence electrons. The van der Waals surface area contributed by atoms with Gasteiger partial charge in [-0.25, -0.2) is 4.98 Å². The fourth-order valence-corrected chi connectivity index (χ4v) is 4.93. The van der Waals surface area contributed by atoms with Crippen molar-refractivity contribution >= 4 is 33.0 Å². The van der Waals surface area contributed by atoms with Crippen molar-refractivity contribution in [3.8, 4) is 0 Å². The highest BCUT2D eigenvalue weighted by Crippen LogP contribution is 2.56. The normalized spacial score (nSPS) is 16.7. The van der Waals surface area contributed by atoms with Crippen LogP contribution >= 0.6 is 21.9 Å². The number of rotatable bonds is 4. The summed E-state index contributed by atoms with van der Waals surface area (Å²) < 4.78 is 19.3. The van der Waals surface area contributed by atoms with Crippen molar-refractivity contribution in [3.05, 3.63) is 10.6 Å². The van der Waals surface area contributed by atoms with Crippen LogP contribution in [-0.4, -0.2) is 30.0 Å². The van der Waals surface area contributed by atoms with Crippen molar-refractivity contribution in [3.63, 3.8) is 0 Å². The maximum atomic E-state index is 12.5. The van der Waals surface area contributed by atoms with Gasteiger partial charge >= 0.3 is 0 Å². The lowest BCUT2D eigenvalue weighted by Gasteiger charge is -2.48. The maximum absolute atomic E-state index is 12.5. The van der Waals surface area contributed by atoms with E-state index in [2.05, 4.69) is 10.3 Å². The number of carbonyl (C=O) groups excluding carboxylic acids is 1. The highest BCUT2D eigenvalue weighted by atomic mass is 32.3. The Hall–Kier alpha value is -0.630. The van der Waals surface area contributed by atoms with Crippen LogP contribution in [0.1, 0.15) is 51.1 Å². The molecule has 0 radical (unpaired) electrons. The summed E-state index contributed by atoms with van der Waals surface area (Å²) in [6.45, 7) is 6.58. The second-order valence-electron chi connectivity index (χ2n) is 6.20. The van der Waals surface area contributed by atoms with E-state index in [0.717, 1.165) is 25.0 Å². The summed E-state index contributed by atoms with van der Waals surface area (Å²) >= 11 is 1.50. The Labute approximate surface area is 131 Å². The molecule has 0 aromatic carbocycles. The number of amides is 1. The van der Waals surface area contributed by atoms with E-state index in [0.29, 0.717) is 5.13 Å². The van der Waals surface area contributed by atoms with Crippen molar-refractivity contribution in [2.45, 2.75) is 63.4 Å². The summed E-state index contributed by atoms with van der Waals surface area (Å²) in [5.74, 6) is -0.387. The second-order valence-corrected chi connectivity index (χ2v) is 10.4. The van der Waals surface area contributed by atoms with Crippen LogP contribution in [0.25, 0.3) is 0 Å². The summed E-state index contributed by atoms with van der Waals surface area (Å²) in [6, 6.07) is 0. The second kappa shape index (κ2) is 5.87. The number of thiazole rings is 1. The van der Waals surface area contributed by atoms with Crippen molar-refractivity contribution in [1.29, 1.82) is 0 Å². The zero-order chi connectivity index (χ0) is 15.8. The van der Waals surface area contributed by atoms with E-state index in [1.165, 1.54) is 22.6 Å². The van der Waals surface area contributed by atoms with Crippen LogP contribution < -0.4 is 5.32 Å². The number of hydrogen-bond acceptors (Lipinski definition) is 5. The molecule has 0 saturated carbocycles. The standard InChI is InChI=1S/C14H24N2O3S2/c1-9(2)21(18,19)14(3,4)12(17)16-13-15-10-7-5-6-8-11(10)20-13/h9,18-19H,5-8H2,1-4H3,(H,15,16,17). The molecule has 0 saturated heterocycles. The SMILES string of the molecule is CC(C)S(O)(O)C(C)(C)C(=O)Nc1nc2c(s1)CCCC2. The van der Waals surface area contributed by atoms with Gasteiger partial charge in [0, 0.05) is 10.1 Å². The molecule has 0 unspecified atom stereocenters. The van der Waals surface area contributed by atoms with E-state index in [9.17, 15) is 13.9 Å². The van der Waals surface area contributed by atoms with Crippen molar-refractivity contribution in [1.82, 2.24) is 4.98 Å². The molecule has 0 aliphatic heterocycles. The molecular formula is C14H24N2O3S2. The first-order valence-electron chi connectivity index (χ1n) is 7.23. The third kappa shape index (κ3) is 3.11. The lowest BCUT2D eigenvalue weighted by molar-refractivity contribution is -0.118. The molecule has 0 bridgehead atoms. The monoisotopic (exact) mass is 332 g/mol. The minimum absolute atomic E-state index is 0.372. The predicted molar refractivity (Wildman–Crippen MR) is 89.4 cm³/mol. The van der Waals surface area contributed by atoms with Crippen LogP contribution in [0.2, 0.25) is 0 Å². The highest BCUT2D eigenvalue weighted by molar-refractivity contribution is 8.26. The number of aromatic nitrogens is 1. The fourth-order valence-electron chi connectivity index (χ4n) is 2.38. The van der Waals surface area contributed by atoms with Gasteiger partial charge in [0.05, 0.1) is 5.69 Å². The predicted octanol–water partition coefficient (Wildman–Crippen LogP) is 3.90. The van der Waals surface area contributed by atoms with E-state index < -0.39 is 15.3 Å². The molecule has 0 fully saturated rings. The van der Waals surface area contributed by atoms with Gasteiger partial charge in [-0.2, -0.15) is 10.6 Å². The average Bonchev–Trinajstić information content (AvgIpc) is 2.80. The summed E-state index contributed by atoms with van der Waals surface area (Å²) in [5.41, 5.74) is 1.08. The lowest BCUT2D eigenvalue weighted by atomic mass is 10.0. The molecule has 1 aromatic rings. The molecule has 5 nitrogen and oxygen atoms in total. The first-order valence-corrected chi connectivity index (χ1v) is 9.65. The van der Waals surface area contributed by atoms with Crippen LogP contribution in [0.3, 0.4) is 0 Å². The molecular weight excluding hydrogens is 308 g/mol. The first kappa shape index (κ1) is 16.7. The number of nitrogens with one attached hydrogen (secondary N) is 1. The quantitative estimate of drug-likeness (QED) is 0.781. The van der Waals surface area contributed by atoms with Gasteiger partial charge in [-0.1, -0.05) is 0 Å². The Morgan fingerprint density at radius 2 is 1.95 bits per heavy atom. The Balaban J connectivity index is 2.15. The molecule has 1 amide bonds. The number of aryl methyl sites for hydroxylation is 2. The van der Waals surface area contributed by atoms with E-state index in [1.807, 2.05) is 0 Å². The molecule has 2 rings (SSSR count). The molecule has 1 heterocycles. The largest absolute Gasteiger partial charge is 0.300 e. The summed E-state index contributed by atoms with van der Waals surface area (Å²) in [4.78, 5) is 18.2. The van der Waals surface area contributed by atoms with Crippen molar-refractivity contribution in [2.75, 3.05) is 5.32 Å². The lowest BCUT2D eigenvalue weighted by Crippen LogP contribution is -2.44. The first-order chi connectivity index (χ1) is 9.66. The number of carbonyl (C=O) groups is 1. The zero-order valence-electron chi connectivity index (χ0n) is 13.0. The van der Waals surface area contributed by atoms with E-state index in [1.54, 1.807) is 27.7 Å². The van der Waals surface area contributed by atoms with Gasteiger partial charge < -0.3 is 5.32 Å². The molecule has 7 heteroatoms. The smallest absolute Gasteiger partial charge is 0.251 e. The minimum atomic E-state index is -3.03. The van der Waals surface area contributed by atoms with Crippen molar-refractivity contribution < 1.29 is 13.9 Å². The van der Waals surface area contributed by atoms with Crippen molar-refractivity contribution in [2.24, 2.45) is 0 Å². The molecule has 0 atom stereocenters. The third-order valence-electron chi connectivity index (χ3n) is 4.02. The third-order valence-corrected chi connectivity index (χ3v) is 8.10. The summed E-state index contributed by atoms with van der Waals surface area (Å²) in [7, 11) is -3.03. The van der Waals surface area contributed by atoms with Gasteiger partial charge in [0.2, 0.25) is 0 Å². The molecule has 1 aliphatic rings. The number of fused-ring (bicyclic) bond motifs is 1. The summed E-state index contributed by atoms with van der Waals surface area (Å²) in [6.07, 6.45) is 4.30. The topological polar surface area (TPSA) is 82.5 Å². The van der Waals surface area contributed by atoms with E-state index >= 15 is 0 Å². The Morgan fingerprint density at radius 1 is 1.33 bits per heavy atom. The maximum Gasteiger partial charge on any atom is 0.251 e. The van der Waals surface area contributed by atoms with Crippen LogP contribution in [0.5, 0.6) is 0 Å². The van der Waals surface area contributed by atoms with Crippen LogP contribution in [0.4, 0.5) is 5.13 Å². The molecule has 1 aliphatic carbocycles. The van der Waals surface area contributed by atoms with E-state index in [-0.39, 0.29) is 11.2 Å². The molecule has 1 aromatic heterocycles. The van der Waals surface area contributed by atoms with Crippen LogP contribution in [-0.2, 0) is 17.6 Å². The highest BCUT2D eigenvalue weighted by Gasteiger charge is 2.43. The Kier molecular flexibility index (Phi) is 4.68. The molecule has 21 heavy (non-hydrogen) atoms. The van der Waals surface area contributed by atoms with Crippen LogP contribution in [0.15, 0.2) is 0 Å². The zero-order valence-corrected chi connectivity index (χ0v) is 14.6. The van der Waals surface area contributed by atoms with Gasteiger partial charge in [0.1, 0.15) is 4.75 Å². The molecule has 0 spiro atoms. The Morgan fingerprint density at radius 3 is 2.52 bits per heavy atom. The van der Waals surface area contributed by atoms with Gasteiger partial charge in [0.15, 0.2) is 5.13 Å². The van der Waals surface area contributed by atoms with Crippen LogP contribution in [0, 0.1) is 0 Å². The number of nitrogens with zero attached hydrogens (tertiary/aromatic N) is 1. The average molecular weight is 332 g/mol. The van der Waals surface area contributed by atoms with Gasteiger partial charge in [-0.15, -0.1) is 11.3 Å². The van der Waals surface area contributed by atoms with Gasteiger partial charge in [-0.05, 0) is 53.4 Å². The Bertz CT molecular complexity index is 515. The van der Waals surface area contributed by atoms with Gasteiger partial charge in [-0.3, -0.25) is 13.9 Å². The van der Waals surface area contributed by atoms with Gasteiger partial charge in [0.25, 0.3) is 5.91 Å². The number of anilines is 1.